The highest BCUT2D eigenvalue weighted by atomic mass is 19.1. The van der Waals surface area contributed by atoms with Gasteiger partial charge in [0.05, 0.1) is 12.2 Å². The van der Waals surface area contributed by atoms with E-state index in [9.17, 15) is 9.18 Å². The number of ketones is 1. The maximum Gasteiger partial charge on any atom is 0.151 e. The van der Waals surface area contributed by atoms with Gasteiger partial charge in [0.1, 0.15) is 5.82 Å². The van der Waals surface area contributed by atoms with E-state index in [2.05, 4.69) is 5.10 Å². The Bertz CT molecular complexity index is 617. The summed E-state index contributed by atoms with van der Waals surface area (Å²) in [7, 11) is 0. The van der Waals surface area contributed by atoms with E-state index in [1.54, 1.807) is 30.7 Å². The molecule has 19 heavy (non-hydrogen) atoms. The number of halogens is 1. The first-order valence-electron chi connectivity index (χ1n) is 6.34. The maximum absolute atomic E-state index is 13.3. The van der Waals surface area contributed by atoms with Crippen molar-refractivity contribution in [1.82, 2.24) is 9.78 Å². The molecule has 0 amide bonds. The second kappa shape index (κ2) is 5.34. The van der Waals surface area contributed by atoms with E-state index in [1.165, 1.54) is 6.07 Å². The van der Waals surface area contributed by atoms with Gasteiger partial charge < -0.3 is 0 Å². The summed E-state index contributed by atoms with van der Waals surface area (Å²) < 4.78 is 15.0. The molecular weight excluding hydrogens is 243 g/mol. The number of aromatic nitrogens is 2. The molecule has 0 unspecified atom stereocenters. The molecule has 2 rings (SSSR count). The van der Waals surface area contributed by atoms with Gasteiger partial charge in [0, 0.05) is 11.3 Å². The van der Waals surface area contributed by atoms with Crippen molar-refractivity contribution in [2.75, 3.05) is 0 Å². The highest BCUT2D eigenvalue weighted by Crippen LogP contribution is 2.22. The average Bonchev–Trinajstić information content (AvgIpc) is 2.75. The standard InChI is InChI=1S/C15H17FN2O/c1-4-13-8-15(17-18(13)9-11(3)19)12-5-6-14(16)10(2)7-12/h5-8H,4,9H2,1-3H3. The SMILES string of the molecule is CCc1cc(-c2ccc(F)c(C)c2)nn1CC(C)=O. The minimum atomic E-state index is -0.220. The van der Waals surface area contributed by atoms with Crippen molar-refractivity contribution >= 4 is 5.78 Å². The third-order valence-electron chi connectivity index (χ3n) is 3.05. The molecule has 0 aliphatic carbocycles. The van der Waals surface area contributed by atoms with Gasteiger partial charge in [0.15, 0.2) is 5.78 Å². The summed E-state index contributed by atoms with van der Waals surface area (Å²) in [5.41, 5.74) is 3.25. The van der Waals surface area contributed by atoms with E-state index >= 15 is 0 Å². The summed E-state index contributed by atoms with van der Waals surface area (Å²) >= 11 is 0. The summed E-state index contributed by atoms with van der Waals surface area (Å²) in [6.07, 6.45) is 0.806. The Kier molecular flexibility index (Phi) is 3.79. The van der Waals surface area contributed by atoms with E-state index in [0.717, 1.165) is 23.4 Å². The van der Waals surface area contributed by atoms with Gasteiger partial charge in [0.2, 0.25) is 0 Å². The van der Waals surface area contributed by atoms with Crippen LogP contribution in [0.3, 0.4) is 0 Å². The number of carbonyl (C=O) groups is 1. The first kappa shape index (κ1) is 13.5. The number of benzene rings is 1. The molecular formula is C15H17FN2O. The van der Waals surface area contributed by atoms with Crippen molar-refractivity contribution in [3.63, 3.8) is 0 Å². The molecule has 2 aromatic rings. The lowest BCUT2D eigenvalue weighted by molar-refractivity contribution is -0.117. The third kappa shape index (κ3) is 2.89. The Labute approximate surface area is 112 Å². The van der Waals surface area contributed by atoms with Crippen LogP contribution in [-0.2, 0) is 17.8 Å². The van der Waals surface area contributed by atoms with Crippen LogP contribution in [-0.4, -0.2) is 15.6 Å². The Hall–Kier alpha value is -1.97. The number of hydrogen-bond acceptors (Lipinski definition) is 2. The lowest BCUT2D eigenvalue weighted by atomic mass is 10.1. The molecule has 0 aliphatic heterocycles. The van der Waals surface area contributed by atoms with Gasteiger partial charge in [-0.15, -0.1) is 0 Å². The molecule has 3 nitrogen and oxygen atoms in total. The number of aryl methyl sites for hydroxylation is 2. The van der Waals surface area contributed by atoms with Crippen LogP contribution in [0.15, 0.2) is 24.3 Å². The topological polar surface area (TPSA) is 34.9 Å². The maximum atomic E-state index is 13.3. The van der Waals surface area contributed by atoms with E-state index < -0.39 is 0 Å². The molecule has 0 radical (unpaired) electrons. The first-order valence-corrected chi connectivity index (χ1v) is 6.34. The summed E-state index contributed by atoms with van der Waals surface area (Å²) in [6, 6.07) is 6.88. The second-order valence-corrected chi connectivity index (χ2v) is 4.70. The molecule has 0 saturated carbocycles. The zero-order chi connectivity index (χ0) is 14.0. The molecule has 0 atom stereocenters. The molecule has 0 N–H and O–H groups in total. The first-order chi connectivity index (χ1) is 9.01. The van der Waals surface area contributed by atoms with Crippen LogP contribution in [0.25, 0.3) is 11.3 Å². The highest BCUT2D eigenvalue weighted by molar-refractivity contribution is 5.75. The number of carbonyl (C=O) groups excluding carboxylic acids is 1. The molecule has 0 fully saturated rings. The Morgan fingerprint density at radius 3 is 2.68 bits per heavy atom. The second-order valence-electron chi connectivity index (χ2n) is 4.70. The summed E-state index contributed by atoms with van der Waals surface area (Å²) in [5, 5.41) is 4.44. The monoisotopic (exact) mass is 260 g/mol. The van der Waals surface area contributed by atoms with Gasteiger partial charge in [-0.1, -0.05) is 6.92 Å². The normalized spacial score (nSPS) is 10.7. The lowest BCUT2D eigenvalue weighted by Gasteiger charge is -2.02. The fourth-order valence-electron chi connectivity index (χ4n) is 2.03. The fourth-order valence-corrected chi connectivity index (χ4v) is 2.03. The van der Waals surface area contributed by atoms with E-state index in [0.29, 0.717) is 5.56 Å². The molecule has 1 aromatic heterocycles. The van der Waals surface area contributed by atoms with Gasteiger partial charge in [-0.05, 0) is 50.1 Å². The third-order valence-corrected chi connectivity index (χ3v) is 3.05. The Morgan fingerprint density at radius 1 is 1.37 bits per heavy atom. The molecule has 1 aromatic carbocycles. The predicted octanol–water partition coefficient (Wildman–Crippen LogP) is 3.15. The molecule has 0 spiro atoms. The van der Waals surface area contributed by atoms with Crippen LogP contribution in [0, 0.1) is 12.7 Å². The molecule has 0 aliphatic rings. The Morgan fingerprint density at radius 2 is 2.11 bits per heavy atom. The zero-order valence-corrected chi connectivity index (χ0v) is 11.4. The average molecular weight is 260 g/mol. The van der Waals surface area contributed by atoms with Crippen LogP contribution in [0.4, 0.5) is 4.39 Å². The smallest absolute Gasteiger partial charge is 0.151 e. The van der Waals surface area contributed by atoms with Crippen LogP contribution in [0.2, 0.25) is 0 Å². The molecule has 100 valence electrons. The Balaban J connectivity index is 2.42. The molecule has 4 heteroatoms. The highest BCUT2D eigenvalue weighted by Gasteiger charge is 2.10. The van der Waals surface area contributed by atoms with Crippen LogP contribution < -0.4 is 0 Å². The van der Waals surface area contributed by atoms with E-state index in [4.69, 9.17) is 0 Å². The van der Waals surface area contributed by atoms with Crippen molar-refractivity contribution in [3.05, 3.63) is 41.3 Å². The quantitative estimate of drug-likeness (QED) is 0.846. The van der Waals surface area contributed by atoms with Crippen molar-refractivity contribution < 1.29 is 9.18 Å². The summed E-state index contributed by atoms with van der Waals surface area (Å²) in [6.45, 7) is 5.58. The van der Waals surface area contributed by atoms with Gasteiger partial charge in [0.25, 0.3) is 0 Å². The summed E-state index contributed by atoms with van der Waals surface area (Å²) in [5.74, 6) is -0.151. The van der Waals surface area contributed by atoms with Crippen molar-refractivity contribution in [2.24, 2.45) is 0 Å². The number of hydrogen-bond donors (Lipinski definition) is 0. The molecule has 0 saturated heterocycles. The lowest BCUT2D eigenvalue weighted by Crippen LogP contribution is -2.10. The van der Waals surface area contributed by atoms with Crippen LogP contribution in [0.1, 0.15) is 25.1 Å². The van der Waals surface area contributed by atoms with Gasteiger partial charge in [-0.2, -0.15) is 5.10 Å². The number of nitrogens with zero attached hydrogens (tertiary/aromatic N) is 2. The minimum Gasteiger partial charge on any atom is -0.298 e. The summed E-state index contributed by atoms with van der Waals surface area (Å²) in [4.78, 5) is 11.2. The van der Waals surface area contributed by atoms with Gasteiger partial charge in [-0.3, -0.25) is 9.48 Å². The molecule has 1 heterocycles. The largest absolute Gasteiger partial charge is 0.298 e. The minimum absolute atomic E-state index is 0.0691. The van der Waals surface area contributed by atoms with E-state index in [1.807, 2.05) is 13.0 Å². The fraction of sp³-hybridized carbons (Fsp3) is 0.333. The number of rotatable bonds is 4. The molecule has 0 bridgehead atoms. The zero-order valence-electron chi connectivity index (χ0n) is 11.4. The van der Waals surface area contributed by atoms with Crippen molar-refractivity contribution in [2.45, 2.75) is 33.7 Å². The van der Waals surface area contributed by atoms with Gasteiger partial charge >= 0.3 is 0 Å². The van der Waals surface area contributed by atoms with Crippen LogP contribution >= 0.6 is 0 Å². The van der Waals surface area contributed by atoms with Crippen molar-refractivity contribution in [3.8, 4) is 11.3 Å². The van der Waals surface area contributed by atoms with Crippen molar-refractivity contribution in [1.29, 1.82) is 0 Å². The van der Waals surface area contributed by atoms with E-state index in [-0.39, 0.29) is 18.1 Å². The number of Topliss-reactive ketones (excluding diaryl/α,β-unsaturated/α-hetero) is 1. The van der Waals surface area contributed by atoms with Gasteiger partial charge in [-0.25, -0.2) is 4.39 Å². The predicted molar refractivity (Wildman–Crippen MR) is 72.4 cm³/mol. The van der Waals surface area contributed by atoms with Crippen LogP contribution in [0.5, 0.6) is 0 Å².